The largest absolute Gasteiger partial charge is 0.491 e. The monoisotopic (exact) mass is 375 g/mol. The van der Waals surface area contributed by atoms with Gasteiger partial charge in [-0.15, -0.1) is 0 Å². The molecule has 0 bridgehead atoms. The molecule has 0 aliphatic heterocycles. The minimum absolute atomic E-state index is 0.264. The molecule has 1 atom stereocenters. The van der Waals surface area contributed by atoms with Crippen LogP contribution < -0.4 is 9.30 Å². The second kappa shape index (κ2) is 8.03. The normalized spacial score (nSPS) is 12.5. The highest BCUT2D eigenvalue weighted by molar-refractivity contribution is 5.83. The van der Waals surface area contributed by atoms with E-state index < -0.39 is 6.10 Å². The molecule has 3 aromatic carbocycles. The lowest BCUT2D eigenvalue weighted by Gasteiger charge is -2.13. The van der Waals surface area contributed by atoms with Gasteiger partial charge in [-0.2, -0.15) is 0 Å². The zero-order chi connectivity index (χ0) is 19.5. The molecule has 0 fully saturated rings. The van der Waals surface area contributed by atoms with E-state index in [1.165, 1.54) is 16.7 Å². The van der Waals surface area contributed by atoms with Crippen molar-refractivity contribution in [3.8, 4) is 5.75 Å². The summed E-state index contributed by atoms with van der Waals surface area (Å²) >= 11 is 0. The maximum atomic E-state index is 10.7. The summed E-state index contributed by atoms with van der Waals surface area (Å²) in [5.74, 6) is 2.02. The van der Waals surface area contributed by atoms with Gasteiger partial charge in [-0.3, -0.25) is 0 Å². The fourth-order valence-electron chi connectivity index (χ4n) is 3.88. The van der Waals surface area contributed by atoms with Gasteiger partial charge in [-0.05, 0) is 41.5 Å². The van der Waals surface area contributed by atoms with Crippen molar-refractivity contribution in [2.24, 2.45) is 7.05 Å². The molecule has 0 radical (unpaired) electrons. The molecule has 4 rings (SSSR count). The number of hydrogen-bond donors (Lipinski definition) is 1. The number of ether oxygens (including phenoxy) is 1. The number of imidazole rings is 1. The molecule has 0 saturated carbocycles. The van der Waals surface area contributed by atoms with Crippen LogP contribution in [0.15, 0.2) is 66.7 Å². The van der Waals surface area contributed by atoms with Crippen LogP contribution in [0.25, 0.3) is 21.8 Å². The van der Waals surface area contributed by atoms with Crippen LogP contribution in [0.2, 0.25) is 0 Å². The summed E-state index contributed by atoms with van der Waals surface area (Å²) in [6, 6.07) is 22.6. The Bertz CT molecular complexity index is 1100. The van der Waals surface area contributed by atoms with Crippen LogP contribution >= 0.6 is 0 Å². The van der Waals surface area contributed by atoms with Gasteiger partial charge in [0.1, 0.15) is 25.0 Å². The first kappa shape index (κ1) is 18.5. The minimum atomic E-state index is -0.585. The SMILES string of the molecule is CCCc1n(C[C@H](O)COc2ccc3ccccc3c2)c2ccccc2[n+]1C. The van der Waals surface area contributed by atoms with E-state index >= 15 is 0 Å². The molecule has 4 heteroatoms. The molecule has 0 saturated heterocycles. The predicted octanol–water partition coefficient (Wildman–Crippen LogP) is 4.01. The Morgan fingerprint density at radius 1 is 1.00 bits per heavy atom. The lowest BCUT2D eigenvalue weighted by Crippen LogP contribution is -2.34. The number of para-hydroxylation sites is 2. The average Bonchev–Trinajstić information content (AvgIpc) is 2.98. The van der Waals surface area contributed by atoms with Crippen LogP contribution in [0.5, 0.6) is 5.75 Å². The Labute approximate surface area is 165 Å². The third-order valence-corrected chi connectivity index (χ3v) is 5.26. The Morgan fingerprint density at radius 3 is 2.57 bits per heavy atom. The maximum absolute atomic E-state index is 10.7. The predicted molar refractivity (Wildman–Crippen MR) is 113 cm³/mol. The zero-order valence-corrected chi connectivity index (χ0v) is 16.5. The Hall–Kier alpha value is -2.85. The van der Waals surface area contributed by atoms with Crippen LogP contribution in [0, 0.1) is 0 Å². The quantitative estimate of drug-likeness (QED) is 0.496. The van der Waals surface area contributed by atoms with Gasteiger partial charge in [0, 0.05) is 6.42 Å². The van der Waals surface area contributed by atoms with Gasteiger partial charge >= 0.3 is 0 Å². The van der Waals surface area contributed by atoms with Gasteiger partial charge < -0.3 is 9.84 Å². The van der Waals surface area contributed by atoms with Crippen LogP contribution in [0.3, 0.4) is 0 Å². The maximum Gasteiger partial charge on any atom is 0.257 e. The summed E-state index contributed by atoms with van der Waals surface area (Å²) in [5, 5.41) is 13.0. The van der Waals surface area contributed by atoms with Crippen molar-refractivity contribution < 1.29 is 14.4 Å². The van der Waals surface area contributed by atoms with Crippen LogP contribution in [0.1, 0.15) is 19.2 Å². The number of aromatic nitrogens is 2. The molecule has 1 N–H and O–H groups in total. The fourth-order valence-corrected chi connectivity index (χ4v) is 3.88. The molecule has 0 aliphatic carbocycles. The summed E-state index contributed by atoms with van der Waals surface area (Å²) in [6.45, 7) is 2.96. The summed E-state index contributed by atoms with van der Waals surface area (Å²) in [5.41, 5.74) is 2.34. The highest BCUT2D eigenvalue weighted by Crippen LogP contribution is 2.21. The number of benzene rings is 3. The highest BCUT2D eigenvalue weighted by Gasteiger charge is 2.23. The van der Waals surface area contributed by atoms with E-state index in [0.717, 1.165) is 29.5 Å². The molecule has 1 aromatic heterocycles. The topological polar surface area (TPSA) is 38.3 Å². The molecule has 1 heterocycles. The molecular weight excluding hydrogens is 348 g/mol. The van der Waals surface area contributed by atoms with Gasteiger partial charge in [-0.25, -0.2) is 9.13 Å². The summed E-state index contributed by atoms with van der Waals surface area (Å²) < 4.78 is 10.4. The number of nitrogens with zero attached hydrogens (tertiary/aromatic N) is 2. The van der Waals surface area contributed by atoms with Gasteiger partial charge in [0.15, 0.2) is 11.0 Å². The number of fused-ring (bicyclic) bond motifs is 2. The minimum Gasteiger partial charge on any atom is -0.491 e. The smallest absolute Gasteiger partial charge is 0.257 e. The van der Waals surface area contributed by atoms with Gasteiger partial charge in [0.25, 0.3) is 5.82 Å². The summed E-state index contributed by atoms with van der Waals surface area (Å²) in [7, 11) is 2.10. The zero-order valence-electron chi connectivity index (χ0n) is 16.5. The molecular formula is C24H27N2O2+. The van der Waals surface area contributed by atoms with E-state index in [2.05, 4.69) is 59.5 Å². The van der Waals surface area contributed by atoms with E-state index in [9.17, 15) is 5.11 Å². The molecule has 28 heavy (non-hydrogen) atoms. The van der Waals surface area contributed by atoms with Crippen molar-refractivity contribution in [3.63, 3.8) is 0 Å². The van der Waals surface area contributed by atoms with E-state index in [-0.39, 0.29) is 6.61 Å². The lowest BCUT2D eigenvalue weighted by atomic mass is 10.1. The van der Waals surface area contributed by atoms with E-state index in [1.54, 1.807) is 0 Å². The number of aliphatic hydroxyl groups excluding tert-OH is 1. The molecule has 4 nitrogen and oxygen atoms in total. The van der Waals surface area contributed by atoms with Gasteiger partial charge in [0.2, 0.25) is 0 Å². The summed E-state index contributed by atoms with van der Waals surface area (Å²) in [6.07, 6.45) is 1.45. The molecule has 0 amide bonds. The number of rotatable bonds is 7. The molecule has 4 aromatic rings. The molecule has 0 aliphatic rings. The van der Waals surface area contributed by atoms with Crippen LogP contribution in [-0.2, 0) is 20.0 Å². The Balaban J connectivity index is 1.51. The molecule has 0 spiro atoms. The third kappa shape index (κ3) is 3.60. The highest BCUT2D eigenvalue weighted by atomic mass is 16.5. The second-order valence-corrected chi connectivity index (χ2v) is 7.30. The van der Waals surface area contributed by atoms with Crippen molar-refractivity contribution in [1.29, 1.82) is 0 Å². The Kier molecular flexibility index (Phi) is 5.31. The first-order valence-electron chi connectivity index (χ1n) is 9.93. The van der Waals surface area contributed by atoms with Crippen LogP contribution in [0.4, 0.5) is 0 Å². The van der Waals surface area contributed by atoms with Crippen molar-refractivity contribution >= 4 is 21.8 Å². The van der Waals surface area contributed by atoms with Gasteiger partial charge in [-0.1, -0.05) is 49.4 Å². The van der Waals surface area contributed by atoms with Crippen molar-refractivity contribution in [3.05, 3.63) is 72.6 Å². The Morgan fingerprint density at radius 2 is 1.75 bits per heavy atom. The summed E-state index contributed by atoms with van der Waals surface area (Å²) in [4.78, 5) is 0. The number of aryl methyl sites for hydroxylation is 1. The second-order valence-electron chi connectivity index (χ2n) is 7.30. The number of aliphatic hydroxyl groups is 1. The molecule has 0 unspecified atom stereocenters. The van der Waals surface area contributed by atoms with Gasteiger partial charge in [0.05, 0.1) is 7.05 Å². The fraction of sp³-hybridized carbons (Fsp3) is 0.292. The number of hydrogen-bond acceptors (Lipinski definition) is 2. The third-order valence-electron chi connectivity index (χ3n) is 5.26. The average molecular weight is 375 g/mol. The lowest BCUT2D eigenvalue weighted by molar-refractivity contribution is -0.654. The standard InChI is InChI=1S/C24H27N2O2/c1-3-8-24-25(2)22-11-6-7-12-23(22)26(24)16-20(27)17-28-21-14-13-18-9-4-5-10-19(18)15-21/h4-7,9-15,20,27H,3,8,16-17H2,1-2H3/q+1/t20-/m0/s1. The van der Waals surface area contributed by atoms with E-state index in [1.807, 2.05) is 30.3 Å². The first-order valence-corrected chi connectivity index (χ1v) is 9.93. The van der Waals surface area contributed by atoms with E-state index in [0.29, 0.717) is 6.54 Å². The first-order chi connectivity index (χ1) is 13.7. The van der Waals surface area contributed by atoms with Crippen molar-refractivity contribution in [2.45, 2.75) is 32.4 Å². The van der Waals surface area contributed by atoms with Crippen molar-refractivity contribution in [2.75, 3.05) is 6.61 Å². The van der Waals surface area contributed by atoms with Crippen LogP contribution in [-0.4, -0.2) is 22.4 Å². The van der Waals surface area contributed by atoms with Crippen molar-refractivity contribution in [1.82, 2.24) is 4.57 Å². The van der Waals surface area contributed by atoms with E-state index in [4.69, 9.17) is 4.74 Å². The molecule has 144 valence electrons.